The van der Waals surface area contributed by atoms with Crippen molar-refractivity contribution in [1.82, 2.24) is 33.9 Å². The van der Waals surface area contributed by atoms with E-state index in [1.807, 2.05) is 68.7 Å². The first-order chi connectivity index (χ1) is 17.1. The third-order valence-corrected chi connectivity index (χ3v) is 6.13. The molecule has 4 heterocycles. The van der Waals surface area contributed by atoms with E-state index in [0.29, 0.717) is 11.2 Å². The van der Waals surface area contributed by atoms with Crippen molar-refractivity contribution in [2.75, 3.05) is 5.32 Å². The van der Waals surface area contributed by atoms with Crippen LogP contribution < -0.4 is 10.9 Å². The molecular weight excluding hydrogens is 440 g/mol. The van der Waals surface area contributed by atoms with Gasteiger partial charge in [-0.3, -0.25) is 14.0 Å². The molecule has 1 atom stereocenters. The molecule has 0 aliphatic rings. The molecule has 0 spiro atoms. The standard InChI is InChI=1S/C26H22N8O/c1-17(31-25-23-13-27-16-33(23)30-15-28-25)22-11-18-7-6-10-21(19-12-29-32(2)14-19)24(18)26(35)34(22)20-8-4-3-5-9-20/h3-17H,1-2H3,(H,28,30,31). The maximum atomic E-state index is 14.1. The molecule has 0 saturated carbocycles. The van der Waals surface area contributed by atoms with Gasteiger partial charge in [-0.25, -0.2) is 14.5 Å². The lowest BCUT2D eigenvalue weighted by Gasteiger charge is -2.22. The summed E-state index contributed by atoms with van der Waals surface area (Å²) in [6.07, 6.45) is 8.52. The number of para-hydroxylation sites is 1. The van der Waals surface area contributed by atoms with Crippen LogP contribution in [0.5, 0.6) is 0 Å². The van der Waals surface area contributed by atoms with E-state index in [-0.39, 0.29) is 11.6 Å². The zero-order valence-electron chi connectivity index (χ0n) is 19.2. The van der Waals surface area contributed by atoms with Gasteiger partial charge in [-0.2, -0.15) is 10.2 Å². The number of fused-ring (bicyclic) bond motifs is 2. The van der Waals surface area contributed by atoms with Crippen LogP contribution in [-0.4, -0.2) is 33.9 Å². The van der Waals surface area contributed by atoms with Gasteiger partial charge in [0.2, 0.25) is 0 Å². The average molecular weight is 463 g/mol. The molecule has 172 valence electrons. The highest BCUT2D eigenvalue weighted by Crippen LogP contribution is 2.30. The van der Waals surface area contributed by atoms with E-state index in [9.17, 15) is 4.79 Å². The minimum atomic E-state index is -0.247. The van der Waals surface area contributed by atoms with Gasteiger partial charge in [0, 0.05) is 30.2 Å². The Bertz CT molecular complexity index is 1730. The number of hydrogen-bond donors (Lipinski definition) is 1. The van der Waals surface area contributed by atoms with Crippen LogP contribution >= 0.6 is 0 Å². The lowest BCUT2D eigenvalue weighted by molar-refractivity contribution is 0.768. The number of benzene rings is 2. The number of anilines is 1. The molecule has 0 saturated heterocycles. The van der Waals surface area contributed by atoms with Crippen molar-refractivity contribution < 1.29 is 0 Å². The molecule has 1 unspecified atom stereocenters. The smallest absolute Gasteiger partial charge is 0.263 e. The number of pyridine rings is 1. The van der Waals surface area contributed by atoms with E-state index in [1.165, 1.54) is 6.33 Å². The minimum absolute atomic E-state index is 0.0889. The zero-order chi connectivity index (χ0) is 23.9. The topological polar surface area (TPSA) is 94.9 Å². The Morgan fingerprint density at radius 3 is 2.66 bits per heavy atom. The maximum Gasteiger partial charge on any atom is 0.263 e. The fourth-order valence-electron chi connectivity index (χ4n) is 4.49. The Morgan fingerprint density at radius 2 is 1.86 bits per heavy atom. The first kappa shape index (κ1) is 20.8. The number of aromatic nitrogens is 7. The van der Waals surface area contributed by atoms with Crippen molar-refractivity contribution in [2.24, 2.45) is 7.05 Å². The maximum absolute atomic E-state index is 14.1. The summed E-state index contributed by atoms with van der Waals surface area (Å²) in [6.45, 7) is 2.01. The number of imidazole rings is 1. The summed E-state index contributed by atoms with van der Waals surface area (Å²) < 4.78 is 5.17. The average Bonchev–Trinajstić information content (AvgIpc) is 3.53. The number of nitrogens with zero attached hydrogens (tertiary/aromatic N) is 7. The number of aryl methyl sites for hydroxylation is 1. The third-order valence-electron chi connectivity index (χ3n) is 6.13. The highest BCUT2D eigenvalue weighted by atomic mass is 16.1. The molecule has 1 N–H and O–H groups in total. The summed E-state index contributed by atoms with van der Waals surface area (Å²) in [5.74, 6) is 0.640. The second-order valence-corrected chi connectivity index (χ2v) is 8.42. The van der Waals surface area contributed by atoms with Gasteiger partial charge in [0.1, 0.15) is 18.2 Å². The molecule has 0 aliphatic carbocycles. The highest BCUT2D eigenvalue weighted by molar-refractivity contribution is 5.96. The summed E-state index contributed by atoms with van der Waals surface area (Å²) in [4.78, 5) is 22.7. The fraction of sp³-hybridized carbons (Fsp3) is 0.115. The number of nitrogens with one attached hydrogen (secondary N) is 1. The predicted molar refractivity (Wildman–Crippen MR) is 135 cm³/mol. The third kappa shape index (κ3) is 3.54. The van der Waals surface area contributed by atoms with E-state index in [2.05, 4.69) is 31.5 Å². The second kappa shape index (κ2) is 8.21. The molecule has 4 aromatic heterocycles. The highest BCUT2D eigenvalue weighted by Gasteiger charge is 2.20. The van der Waals surface area contributed by atoms with Crippen LogP contribution in [0.4, 0.5) is 5.82 Å². The molecule has 9 nitrogen and oxygen atoms in total. The van der Waals surface area contributed by atoms with E-state index < -0.39 is 0 Å². The Hall–Kier alpha value is -4.79. The normalized spacial score (nSPS) is 12.3. The molecule has 2 aromatic carbocycles. The molecule has 0 bridgehead atoms. The summed E-state index contributed by atoms with van der Waals surface area (Å²) in [7, 11) is 1.87. The summed E-state index contributed by atoms with van der Waals surface area (Å²) in [6, 6.07) is 17.4. The Labute approximate surface area is 200 Å². The molecule has 9 heteroatoms. The van der Waals surface area contributed by atoms with Crippen LogP contribution in [0.2, 0.25) is 0 Å². The monoisotopic (exact) mass is 462 g/mol. The van der Waals surface area contributed by atoms with E-state index in [1.54, 1.807) is 32.5 Å². The van der Waals surface area contributed by atoms with Gasteiger partial charge in [0.05, 0.1) is 23.8 Å². The van der Waals surface area contributed by atoms with Crippen LogP contribution in [0, 0.1) is 0 Å². The van der Waals surface area contributed by atoms with Gasteiger partial charge >= 0.3 is 0 Å². The summed E-state index contributed by atoms with van der Waals surface area (Å²) >= 11 is 0. The van der Waals surface area contributed by atoms with Gasteiger partial charge in [-0.05, 0) is 36.1 Å². The Kier molecular flexibility index (Phi) is 4.88. The number of rotatable bonds is 5. The van der Waals surface area contributed by atoms with Crippen molar-refractivity contribution in [3.8, 4) is 16.8 Å². The number of hydrogen-bond acceptors (Lipinski definition) is 6. The quantitative estimate of drug-likeness (QED) is 0.416. The summed E-state index contributed by atoms with van der Waals surface area (Å²) in [5.41, 5.74) is 4.03. The van der Waals surface area contributed by atoms with E-state index in [4.69, 9.17) is 0 Å². The van der Waals surface area contributed by atoms with E-state index in [0.717, 1.165) is 33.4 Å². The molecule has 0 amide bonds. The van der Waals surface area contributed by atoms with Crippen LogP contribution in [-0.2, 0) is 7.05 Å². The van der Waals surface area contributed by atoms with Gasteiger partial charge < -0.3 is 5.32 Å². The van der Waals surface area contributed by atoms with Gasteiger partial charge in [-0.15, -0.1) is 0 Å². The first-order valence-electron chi connectivity index (χ1n) is 11.2. The molecule has 35 heavy (non-hydrogen) atoms. The van der Waals surface area contributed by atoms with Gasteiger partial charge in [-0.1, -0.05) is 36.4 Å². The largest absolute Gasteiger partial charge is 0.360 e. The van der Waals surface area contributed by atoms with Crippen molar-refractivity contribution in [2.45, 2.75) is 13.0 Å². The second-order valence-electron chi connectivity index (χ2n) is 8.42. The molecule has 0 fully saturated rings. The molecule has 0 aliphatic heterocycles. The van der Waals surface area contributed by atoms with Crippen LogP contribution in [0.15, 0.2) is 90.6 Å². The minimum Gasteiger partial charge on any atom is -0.360 e. The lowest BCUT2D eigenvalue weighted by atomic mass is 9.99. The Morgan fingerprint density at radius 1 is 1.00 bits per heavy atom. The molecular formula is C26H22N8O. The zero-order valence-corrected chi connectivity index (χ0v) is 19.2. The Balaban J connectivity index is 1.57. The van der Waals surface area contributed by atoms with Crippen molar-refractivity contribution in [1.29, 1.82) is 0 Å². The first-order valence-corrected chi connectivity index (χ1v) is 11.2. The summed E-state index contributed by atoms with van der Waals surface area (Å²) in [5, 5.41) is 13.5. The van der Waals surface area contributed by atoms with Crippen molar-refractivity contribution in [3.63, 3.8) is 0 Å². The lowest BCUT2D eigenvalue weighted by Crippen LogP contribution is -2.26. The molecule has 6 aromatic rings. The van der Waals surface area contributed by atoms with Crippen LogP contribution in [0.1, 0.15) is 18.7 Å². The van der Waals surface area contributed by atoms with Gasteiger partial charge in [0.15, 0.2) is 5.82 Å². The molecule has 6 rings (SSSR count). The predicted octanol–water partition coefficient (Wildman–Crippen LogP) is 4.00. The SMILES string of the molecule is CC(Nc1ncnn2cncc12)c1cc2cccc(-c3cnn(C)c3)c2c(=O)n1-c1ccccc1. The van der Waals surface area contributed by atoms with Gasteiger partial charge in [0.25, 0.3) is 5.56 Å². The van der Waals surface area contributed by atoms with E-state index >= 15 is 0 Å². The van der Waals surface area contributed by atoms with Crippen LogP contribution in [0.25, 0.3) is 33.1 Å². The van der Waals surface area contributed by atoms with Crippen LogP contribution in [0.3, 0.4) is 0 Å². The molecule has 0 radical (unpaired) electrons. The van der Waals surface area contributed by atoms with Crippen molar-refractivity contribution >= 4 is 22.1 Å². The van der Waals surface area contributed by atoms with Crippen molar-refractivity contribution in [3.05, 3.63) is 102 Å². The fourth-order valence-corrected chi connectivity index (χ4v) is 4.49.